The van der Waals surface area contributed by atoms with Crippen molar-refractivity contribution in [1.82, 2.24) is 14.7 Å². The molecule has 23 heavy (non-hydrogen) atoms. The fourth-order valence-electron chi connectivity index (χ4n) is 2.93. The van der Waals surface area contributed by atoms with E-state index in [9.17, 15) is 14.7 Å². The van der Waals surface area contributed by atoms with Crippen LogP contribution in [0.3, 0.4) is 0 Å². The van der Waals surface area contributed by atoms with Crippen LogP contribution in [0, 0.1) is 0 Å². The van der Waals surface area contributed by atoms with Gasteiger partial charge in [0.2, 0.25) is 5.91 Å². The Bertz CT molecular complexity index is 436. The highest BCUT2D eigenvalue weighted by Gasteiger charge is 2.30. The minimum Gasteiger partial charge on any atom is -0.444 e. The van der Waals surface area contributed by atoms with Gasteiger partial charge < -0.3 is 19.6 Å². The lowest BCUT2D eigenvalue weighted by Gasteiger charge is -2.35. The number of piperazine rings is 1. The van der Waals surface area contributed by atoms with Crippen molar-refractivity contribution in [3.63, 3.8) is 0 Å². The first kappa shape index (κ1) is 18.0. The highest BCUT2D eigenvalue weighted by atomic mass is 16.6. The van der Waals surface area contributed by atoms with Crippen molar-refractivity contribution in [2.75, 3.05) is 45.8 Å². The van der Waals surface area contributed by atoms with Crippen LogP contribution in [0.4, 0.5) is 4.79 Å². The van der Waals surface area contributed by atoms with Gasteiger partial charge in [0, 0.05) is 32.7 Å². The first-order valence-corrected chi connectivity index (χ1v) is 8.41. The number of aliphatic hydroxyl groups is 1. The van der Waals surface area contributed by atoms with Gasteiger partial charge in [-0.2, -0.15) is 0 Å². The van der Waals surface area contributed by atoms with Gasteiger partial charge in [0.05, 0.1) is 6.10 Å². The average Bonchev–Trinajstić information content (AvgIpc) is 2.84. The molecule has 2 aliphatic rings. The summed E-state index contributed by atoms with van der Waals surface area (Å²) in [5, 5.41) is 9.50. The zero-order valence-electron chi connectivity index (χ0n) is 14.5. The molecule has 0 spiro atoms. The summed E-state index contributed by atoms with van der Waals surface area (Å²) in [5.41, 5.74) is -0.544. The third-order valence-corrected chi connectivity index (χ3v) is 4.12. The van der Waals surface area contributed by atoms with Crippen molar-refractivity contribution < 1.29 is 19.4 Å². The fourth-order valence-corrected chi connectivity index (χ4v) is 2.93. The standard InChI is InChI=1S/C16H29N3O4/c1-16(2,3)23-15(22)19-10-9-18(14(21)12-19)7-4-6-17-8-5-13(20)11-17/h13,20H,4-12H2,1-3H3. The minimum atomic E-state index is -0.544. The molecule has 7 nitrogen and oxygen atoms in total. The molecule has 0 saturated carbocycles. The maximum Gasteiger partial charge on any atom is 0.410 e. The van der Waals surface area contributed by atoms with E-state index in [4.69, 9.17) is 4.74 Å². The summed E-state index contributed by atoms with van der Waals surface area (Å²) >= 11 is 0. The summed E-state index contributed by atoms with van der Waals surface area (Å²) in [4.78, 5) is 29.7. The summed E-state index contributed by atoms with van der Waals surface area (Å²) < 4.78 is 5.31. The van der Waals surface area contributed by atoms with Gasteiger partial charge in [-0.25, -0.2) is 4.79 Å². The van der Waals surface area contributed by atoms with Gasteiger partial charge >= 0.3 is 6.09 Å². The van der Waals surface area contributed by atoms with E-state index in [0.29, 0.717) is 19.6 Å². The number of carbonyl (C=O) groups is 2. The van der Waals surface area contributed by atoms with Crippen LogP contribution in [0.5, 0.6) is 0 Å². The fraction of sp³-hybridized carbons (Fsp3) is 0.875. The second-order valence-electron chi connectivity index (χ2n) is 7.38. The van der Waals surface area contributed by atoms with Crippen LogP contribution in [-0.4, -0.2) is 89.3 Å². The summed E-state index contributed by atoms with van der Waals surface area (Å²) in [6, 6.07) is 0. The molecule has 2 aliphatic heterocycles. The Morgan fingerprint density at radius 2 is 2.00 bits per heavy atom. The normalized spacial score (nSPS) is 23.5. The number of ether oxygens (including phenoxy) is 1. The first-order chi connectivity index (χ1) is 10.7. The van der Waals surface area contributed by atoms with Crippen molar-refractivity contribution in [2.24, 2.45) is 0 Å². The molecule has 1 N–H and O–H groups in total. The predicted octanol–water partition coefficient (Wildman–Crippen LogP) is 0.522. The van der Waals surface area contributed by atoms with Crippen LogP contribution in [-0.2, 0) is 9.53 Å². The van der Waals surface area contributed by atoms with Gasteiger partial charge in [-0.05, 0) is 40.2 Å². The number of nitrogens with zero attached hydrogens (tertiary/aromatic N) is 3. The highest BCUT2D eigenvalue weighted by Crippen LogP contribution is 2.13. The van der Waals surface area contributed by atoms with Gasteiger partial charge in [-0.15, -0.1) is 0 Å². The molecule has 0 aromatic rings. The molecule has 0 radical (unpaired) electrons. The zero-order chi connectivity index (χ0) is 17.0. The Hall–Kier alpha value is -1.34. The lowest BCUT2D eigenvalue weighted by Crippen LogP contribution is -2.53. The van der Waals surface area contributed by atoms with Crippen molar-refractivity contribution in [3.05, 3.63) is 0 Å². The van der Waals surface area contributed by atoms with Crippen LogP contribution in [0.1, 0.15) is 33.6 Å². The average molecular weight is 327 g/mol. The molecular formula is C16H29N3O4. The van der Waals surface area contributed by atoms with Crippen LogP contribution < -0.4 is 0 Å². The molecule has 132 valence electrons. The molecule has 2 fully saturated rings. The topological polar surface area (TPSA) is 73.3 Å². The van der Waals surface area contributed by atoms with Gasteiger partial charge in [0.15, 0.2) is 0 Å². The molecule has 0 aromatic carbocycles. The Balaban J connectivity index is 1.69. The lowest BCUT2D eigenvalue weighted by molar-refractivity contribution is -0.135. The van der Waals surface area contributed by atoms with Crippen LogP contribution in [0.15, 0.2) is 0 Å². The maximum atomic E-state index is 12.2. The van der Waals surface area contributed by atoms with E-state index in [2.05, 4.69) is 4.90 Å². The quantitative estimate of drug-likeness (QED) is 0.815. The molecule has 2 rings (SSSR count). The largest absolute Gasteiger partial charge is 0.444 e. The van der Waals surface area contributed by atoms with E-state index < -0.39 is 11.7 Å². The molecule has 0 aliphatic carbocycles. The zero-order valence-corrected chi connectivity index (χ0v) is 14.5. The second kappa shape index (κ2) is 7.49. The van der Waals surface area contributed by atoms with Crippen LogP contribution in [0.25, 0.3) is 0 Å². The Labute approximate surface area is 138 Å². The monoisotopic (exact) mass is 327 g/mol. The van der Waals surface area contributed by atoms with Crippen molar-refractivity contribution in [1.29, 1.82) is 0 Å². The third kappa shape index (κ3) is 5.66. The predicted molar refractivity (Wildman–Crippen MR) is 86.1 cm³/mol. The molecule has 7 heteroatoms. The number of hydrogen-bond acceptors (Lipinski definition) is 5. The highest BCUT2D eigenvalue weighted by molar-refractivity contribution is 5.83. The molecule has 2 amide bonds. The number of β-amino-alcohol motifs (C(OH)–C–C–N with tert-alkyl or cyclic N) is 1. The van der Waals surface area contributed by atoms with E-state index in [1.807, 2.05) is 25.7 Å². The summed E-state index contributed by atoms with van der Waals surface area (Å²) in [6.07, 6.45) is 1.11. The number of carbonyl (C=O) groups excluding carboxylic acids is 2. The molecule has 0 bridgehead atoms. The van der Waals surface area contributed by atoms with E-state index in [1.54, 1.807) is 0 Å². The number of amides is 2. The molecule has 0 aromatic heterocycles. The Morgan fingerprint density at radius 1 is 1.26 bits per heavy atom. The summed E-state index contributed by atoms with van der Waals surface area (Å²) in [6.45, 7) is 9.89. The first-order valence-electron chi connectivity index (χ1n) is 8.41. The maximum absolute atomic E-state index is 12.2. The van der Waals surface area contributed by atoms with Gasteiger partial charge in [-0.3, -0.25) is 9.69 Å². The van der Waals surface area contributed by atoms with Gasteiger partial charge in [0.25, 0.3) is 0 Å². The number of rotatable bonds is 4. The van der Waals surface area contributed by atoms with E-state index in [0.717, 1.165) is 32.5 Å². The number of hydrogen-bond donors (Lipinski definition) is 1. The molecule has 1 unspecified atom stereocenters. The molecular weight excluding hydrogens is 298 g/mol. The minimum absolute atomic E-state index is 0.0245. The Kier molecular flexibility index (Phi) is 5.86. The summed E-state index contributed by atoms with van der Waals surface area (Å²) in [5.74, 6) is -0.0245. The smallest absolute Gasteiger partial charge is 0.410 e. The molecule has 1 atom stereocenters. The van der Waals surface area contributed by atoms with Crippen LogP contribution >= 0.6 is 0 Å². The van der Waals surface area contributed by atoms with E-state index in [-0.39, 0.29) is 18.6 Å². The van der Waals surface area contributed by atoms with Crippen LogP contribution in [0.2, 0.25) is 0 Å². The molecule has 2 heterocycles. The number of likely N-dealkylation sites (tertiary alicyclic amines) is 1. The van der Waals surface area contributed by atoms with Gasteiger partial charge in [0.1, 0.15) is 12.1 Å². The SMILES string of the molecule is CC(C)(C)OC(=O)N1CCN(CCCN2CCC(O)C2)C(=O)C1. The lowest BCUT2D eigenvalue weighted by atomic mass is 10.2. The van der Waals surface area contributed by atoms with E-state index >= 15 is 0 Å². The summed E-state index contributed by atoms with van der Waals surface area (Å²) in [7, 11) is 0. The molecule has 2 saturated heterocycles. The van der Waals surface area contributed by atoms with Crippen molar-refractivity contribution >= 4 is 12.0 Å². The van der Waals surface area contributed by atoms with Crippen molar-refractivity contribution in [2.45, 2.75) is 45.3 Å². The van der Waals surface area contributed by atoms with Crippen molar-refractivity contribution in [3.8, 4) is 0 Å². The van der Waals surface area contributed by atoms with E-state index in [1.165, 1.54) is 4.90 Å². The van der Waals surface area contributed by atoms with Gasteiger partial charge in [-0.1, -0.05) is 0 Å². The third-order valence-electron chi connectivity index (χ3n) is 4.12. The number of aliphatic hydroxyl groups excluding tert-OH is 1. The second-order valence-corrected chi connectivity index (χ2v) is 7.38. The Morgan fingerprint density at radius 3 is 2.57 bits per heavy atom.